The molecular formula is C17H22N4. The van der Waals surface area contributed by atoms with Gasteiger partial charge in [-0.2, -0.15) is 0 Å². The standard InChI is InChI=1S/C17H22N4/c1-13-6-5-11-20(13)12-16-17(14-9-10-14)21(19-18-16)15-7-3-2-4-8-15/h2-4,7-8,13-14H,5-6,9-12H2,1H3. The van der Waals surface area contributed by atoms with Gasteiger partial charge in [0, 0.05) is 18.5 Å². The van der Waals surface area contributed by atoms with Crippen LogP contribution in [0, 0.1) is 0 Å². The largest absolute Gasteiger partial charge is 0.295 e. The predicted molar refractivity (Wildman–Crippen MR) is 82.4 cm³/mol. The third kappa shape index (κ3) is 2.48. The van der Waals surface area contributed by atoms with E-state index in [9.17, 15) is 0 Å². The van der Waals surface area contributed by atoms with Crippen LogP contribution < -0.4 is 0 Å². The summed E-state index contributed by atoms with van der Waals surface area (Å²) in [6.45, 7) is 4.48. The molecule has 1 atom stereocenters. The van der Waals surface area contributed by atoms with Gasteiger partial charge in [0.15, 0.2) is 0 Å². The molecule has 4 nitrogen and oxygen atoms in total. The molecule has 110 valence electrons. The van der Waals surface area contributed by atoms with Crippen molar-refractivity contribution in [2.75, 3.05) is 6.54 Å². The van der Waals surface area contributed by atoms with E-state index in [0.29, 0.717) is 12.0 Å². The molecule has 2 fully saturated rings. The Bertz CT molecular complexity index is 615. The molecule has 1 aromatic heterocycles. The van der Waals surface area contributed by atoms with Crippen LogP contribution in [-0.4, -0.2) is 32.5 Å². The highest BCUT2D eigenvalue weighted by atomic mass is 15.4. The molecule has 1 saturated heterocycles. The number of nitrogens with zero attached hydrogens (tertiary/aromatic N) is 4. The average Bonchev–Trinajstić information content (AvgIpc) is 3.15. The quantitative estimate of drug-likeness (QED) is 0.864. The van der Waals surface area contributed by atoms with Gasteiger partial charge in [0.05, 0.1) is 11.4 Å². The first-order chi connectivity index (χ1) is 10.3. The third-order valence-corrected chi connectivity index (χ3v) is 4.79. The number of benzene rings is 1. The lowest BCUT2D eigenvalue weighted by molar-refractivity contribution is 0.256. The Hall–Kier alpha value is -1.68. The van der Waals surface area contributed by atoms with Crippen LogP contribution in [0.5, 0.6) is 0 Å². The second-order valence-corrected chi connectivity index (χ2v) is 6.40. The normalized spacial score (nSPS) is 22.8. The summed E-state index contributed by atoms with van der Waals surface area (Å²) in [6.07, 6.45) is 5.18. The number of likely N-dealkylation sites (tertiary alicyclic amines) is 1. The Morgan fingerprint density at radius 1 is 1.14 bits per heavy atom. The minimum atomic E-state index is 0.660. The van der Waals surface area contributed by atoms with Gasteiger partial charge in [-0.1, -0.05) is 23.4 Å². The highest BCUT2D eigenvalue weighted by Crippen LogP contribution is 2.42. The van der Waals surface area contributed by atoms with E-state index in [0.717, 1.165) is 12.2 Å². The fourth-order valence-electron chi connectivity index (χ4n) is 3.38. The molecule has 0 amide bonds. The molecule has 1 aromatic carbocycles. The summed E-state index contributed by atoms with van der Waals surface area (Å²) in [5, 5.41) is 8.98. The van der Waals surface area contributed by atoms with Crippen molar-refractivity contribution >= 4 is 0 Å². The second-order valence-electron chi connectivity index (χ2n) is 6.40. The molecule has 2 aliphatic rings. The fraction of sp³-hybridized carbons (Fsp3) is 0.529. The maximum atomic E-state index is 4.52. The third-order valence-electron chi connectivity index (χ3n) is 4.79. The van der Waals surface area contributed by atoms with Crippen LogP contribution in [0.1, 0.15) is 49.9 Å². The minimum absolute atomic E-state index is 0.660. The lowest BCUT2D eigenvalue weighted by atomic mass is 10.2. The van der Waals surface area contributed by atoms with E-state index >= 15 is 0 Å². The Balaban J connectivity index is 1.67. The number of aromatic nitrogens is 3. The van der Waals surface area contributed by atoms with Gasteiger partial charge in [0.25, 0.3) is 0 Å². The van der Waals surface area contributed by atoms with Crippen LogP contribution in [0.4, 0.5) is 0 Å². The summed E-state index contributed by atoms with van der Waals surface area (Å²) in [6, 6.07) is 11.1. The van der Waals surface area contributed by atoms with Crippen molar-refractivity contribution in [2.45, 2.75) is 51.1 Å². The molecular weight excluding hydrogens is 260 g/mol. The van der Waals surface area contributed by atoms with Crippen LogP contribution in [0.2, 0.25) is 0 Å². The van der Waals surface area contributed by atoms with E-state index < -0.39 is 0 Å². The summed E-state index contributed by atoms with van der Waals surface area (Å²) in [5.41, 5.74) is 3.67. The van der Waals surface area contributed by atoms with Gasteiger partial charge >= 0.3 is 0 Å². The Morgan fingerprint density at radius 3 is 2.62 bits per heavy atom. The van der Waals surface area contributed by atoms with E-state index in [-0.39, 0.29) is 0 Å². The maximum Gasteiger partial charge on any atom is 0.101 e. The molecule has 2 heterocycles. The SMILES string of the molecule is CC1CCCN1Cc1nnn(-c2ccccc2)c1C1CC1. The molecule has 4 rings (SSSR count). The maximum absolute atomic E-state index is 4.52. The highest BCUT2D eigenvalue weighted by molar-refractivity contribution is 5.35. The minimum Gasteiger partial charge on any atom is -0.295 e. The monoisotopic (exact) mass is 282 g/mol. The zero-order chi connectivity index (χ0) is 14.2. The molecule has 0 radical (unpaired) electrons. The molecule has 2 aromatic rings. The lowest BCUT2D eigenvalue weighted by Gasteiger charge is -2.20. The van der Waals surface area contributed by atoms with Crippen molar-refractivity contribution < 1.29 is 0 Å². The average molecular weight is 282 g/mol. The molecule has 1 aliphatic heterocycles. The van der Waals surface area contributed by atoms with E-state index in [1.54, 1.807) is 0 Å². The van der Waals surface area contributed by atoms with E-state index in [4.69, 9.17) is 0 Å². The van der Waals surface area contributed by atoms with Crippen LogP contribution in [0.25, 0.3) is 5.69 Å². The van der Waals surface area contributed by atoms with Crippen molar-refractivity contribution in [2.24, 2.45) is 0 Å². The van der Waals surface area contributed by atoms with Crippen LogP contribution in [0.15, 0.2) is 30.3 Å². The van der Waals surface area contributed by atoms with Crippen molar-refractivity contribution in [3.8, 4) is 5.69 Å². The zero-order valence-corrected chi connectivity index (χ0v) is 12.6. The van der Waals surface area contributed by atoms with Gasteiger partial charge in [-0.3, -0.25) is 4.90 Å². The molecule has 4 heteroatoms. The van der Waals surface area contributed by atoms with Crippen LogP contribution in [-0.2, 0) is 6.54 Å². The van der Waals surface area contributed by atoms with E-state index in [2.05, 4.69) is 51.1 Å². The van der Waals surface area contributed by atoms with Crippen LogP contribution >= 0.6 is 0 Å². The lowest BCUT2D eigenvalue weighted by Crippen LogP contribution is -2.26. The van der Waals surface area contributed by atoms with Crippen molar-refractivity contribution in [1.82, 2.24) is 19.9 Å². The fourth-order valence-corrected chi connectivity index (χ4v) is 3.38. The van der Waals surface area contributed by atoms with Crippen molar-refractivity contribution in [3.05, 3.63) is 41.7 Å². The number of para-hydroxylation sites is 1. The molecule has 1 saturated carbocycles. The molecule has 1 aliphatic carbocycles. The summed E-state index contributed by atoms with van der Waals surface area (Å²) < 4.78 is 2.06. The summed E-state index contributed by atoms with van der Waals surface area (Å²) in [4.78, 5) is 2.55. The molecule has 1 unspecified atom stereocenters. The number of hydrogen-bond donors (Lipinski definition) is 0. The Morgan fingerprint density at radius 2 is 1.95 bits per heavy atom. The van der Waals surface area contributed by atoms with Gasteiger partial charge in [-0.15, -0.1) is 5.10 Å². The highest BCUT2D eigenvalue weighted by Gasteiger charge is 2.33. The number of rotatable bonds is 4. The molecule has 0 spiro atoms. The van der Waals surface area contributed by atoms with Crippen molar-refractivity contribution in [1.29, 1.82) is 0 Å². The van der Waals surface area contributed by atoms with Gasteiger partial charge in [0.2, 0.25) is 0 Å². The summed E-state index contributed by atoms with van der Waals surface area (Å²) in [5.74, 6) is 0.660. The van der Waals surface area contributed by atoms with E-state index in [1.807, 2.05) is 6.07 Å². The van der Waals surface area contributed by atoms with Gasteiger partial charge in [0.1, 0.15) is 5.69 Å². The first kappa shape index (κ1) is 13.0. The number of hydrogen-bond acceptors (Lipinski definition) is 3. The van der Waals surface area contributed by atoms with Crippen LogP contribution in [0.3, 0.4) is 0 Å². The van der Waals surface area contributed by atoms with Gasteiger partial charge < -0.3 is 0 Å². The summed E-state index contributed by atoms with van der Waals surface area (Å²) in [7, 11) is 0. The predicted octanol–water partition coefficient (Wildman–Crippen LogP) is 3.13. The molecule has 0 N–H and O–H groups in total. The second kappa shape index (κ2) is 5.26. The first-order valence-corrected chi connectivity index (χ1v) is 8.07. The topological polar surface area (TPSA) is 34.0 Å². The van der Waals surface area contributed by atoms with E-state index in [1.165, 1.54) is 43.6 Å². The first-order valence-electron chi connectivity index (χ1n) is 8.07. The van der Waals surface area contributed by atoms with Crippen molar-refractivity contribution in [3.63, 3.8) is 0 Å². The Labute approximate surface area is 125 Å². The van der Waals surface area contributed by atoms with Gasteiger partial charge in [-0.05, 0) is 51.3 Å². The zero-order valence-electron chi connectivity index (χ0n) is 12.6. The molecule has 21 heavy (non-hydrogen) atoms. The van der Waals surface area contributed by atoms with Gasteiger partial charge in [-0.25, -0.2) is 4.68 Å². The molecule has 0 bridgehead atoms. The smallest absolute Gasteiger partial charge is 0.101 e. The Kier molecular flexibility index (Phi) is 3.26. The summed E-state index contributed by atoms with van der Waals surface area (Å²) >= 11 is 0.